The zero-order valence-corrected chi connectivity index (χ0v) is 12.1. The van der Waals surface area contributed by atoms with Gasteiger partial charge in [-0.3, -0.25) is 0 Å². The average Bonchev–Trinajstić information content (AvgIpc) is 2.76. The maximum Gasteiger partial charge on any atom is 0.416 e. The fraction of sp³-hybridized carbons (Fsp3) is 0.600. The second-order valence-corrected chi connectivity index (χ2v) is 5.59. The van der Waals surface area contributed by atoms with Crippen molar-refractivity contribution in [3.63, 3.8) is 0 Å². The first-order valence-corrected chi connectivity index (χ1v) is 6.97. The van der Waals surface area contributed by atoms with Crippen molar-refractivity contribution in [1.29, 1.82) is 0 Å². The summed E-state index contributed by atoms with van der Waals surface area (Å²) in [6.45, 7) is 4.54. The van der Waals surface area contributed by atoms with Crippen molar-refractivity contribution in [2.24, 2.45) is 0 Å². The van der Waals surface area contributed by atoms with Crippen molar-refractivity contribution in [2.75, 3.05) is 13.2 Å². The summed E-state index contributed by atoms with van der Waals surface area (Å²) in [5.41, 5.74) is -0.826. The van der Waals surface area contributed by atoms with Crippen molar-refractivity contribution in [3.05, 3.63) is 35.4 Å². The molecule has 6 heteroatoms. The van der Waals surface area contributed by atoms with Crippen LogP contribution in [0.5, 0.6) is 0 Å². The van der Waals surface area contributed by atoms with Crippen LogP contribution in [0.1, 0.15) is 37.4 Å². The number of ether oxygens (including phenoxy) is 1. The minimum Gasteiger partial charge on any atom is -0.386 e. The molecule has 1 fully saturated rings. The van der Waals surface area contributed by atoms with E-state index in [1.807, 2.05) is 13.8 Å². The fourth-order valence-electron chi connectivity index (χ4n) is 2.41. The van der Waals surface area contributed by atoms with Crippen LogP contribution in [0.2, 0.25) is 0 Å². The maximum absolute atomic E-state index is 12.5. The number of halogens is 3. The van der Waals surface area contributed by atoms with Crippen molar-refractivity contribution in [1.82, 2.24) is 5.32 Å². The van der Waals surface area contributed by atoms with Crippen LogP contribution in [0.15, 0.2) is 24.3 Å². The average molecular weight is 303 g/mol. The second-order valence-electron chi connectivity index (χ2n) is 5.59. The van der Waals surface area contributed by atoms with E-state index in [2.05, 4.69) is 5.32 Å². The summed E-state index contributed by atoms with van der Waals surface area (Å²) < 4.78 is 42.9. The Morgan fingerprint density at radius 2 is 2.00 bits per heavy atom. The normalized spacial score (nSPS) is 27.8. The highest BCUT2D eigenvalue weighted by atomic mass is 19.4. The van der Waals surface area contributed by atoms with E-state index in [0.29, 0.717) is 19.6 Å². The summed E-state index contributed by atoms with van der Waals surface area (Å²) in [6, 6.07) is 4.91. The third kappa shape index (κ3) is 3.75. The zero-order valence-electron chi connectivity index (χ0n) is 12.1. The van der Waals surface area contributed by atoms with Gasteiger partial charge < -0.3 is 15.2 Å². The Hall–Kier alpha value is -1.11. The number of rotatable bonds is 4. The molecule has 0 aromatic heterocycles. The molecule has 0 spiro atoms. The molecule has 1 aromatic carbocycles. The largest absolute Gasteiger partial charge is 0.416 e. The first-order valence-electron chi connectivity index (χ1n) is 6.97. The molecule has 118 valence electrons. The van der Waals surface area contributed by atoms with Gasteiger partial charge in [-0.1, -0.05) is 12.1 Å². The Kier molecular flexibility index (Phi) is 4.60. The number of hydrogen-bond donors (Lipinski definition) is 2. The van der Waals surface area contributed by atoms with Gasteiger partial charge in [-0.15, -0.1) is 0 Å². The molecule has 1 heterocycles. The third-order valence-electron chi connectivity index (χ3n) is 4.11. The van der Waals surface area contributed by atoms with E-state index in [4.69, 9.17) is 4.74 Å². The van der Waals surface area contributed by atoms with E-state index in [1.54, 1.807) is 0 Å². The minimum atomic E-state index is -4.32. The summed E-state index contributed by atoms with van der Waals surface area (Å²) in [5, 5.41) is 13.5. The molecule has 0 aliphatic carbocycles. The summed E-state index contributed by atoms with van der Waals surface area (Å²) in [5.74, 6) is 0. The Balaban J connectivity index is 1.96. The molecule has 2 rings (SSSR count). The third-order valence-corrected chi connectivity index (χ3v) is 4.11. The number of nitrogens with one attached hydrogen (secondary N) is 1. The van der Waals surface area contributed by atoms with E-state index in [9.17, 15) is 18.3 Å². The van der Waals surface area contributed by atoms with Gasteiger partial charge >= 0.3 is 6.18 Å². The van der Waals surface area contributed by atoms with Crippen molar-refractivity contribution in [2.45, 2.75) is 44.2 Å². The molecule has 1 saturated heterocycles. The SMILES string of the molecule is CC(NCC1(O)CCOC1C)c1ccc(C(F)(F)F)cc1. The van der Waals surface area contributed by atoms with Gasteiger partial charge in [-0.2, -0.15) is 13.2 Å². The molecule has 0 radical (unpaired) electrons. The minimum absolute atomic E-state index is 0.149. The Morgan fingerprint density at radius 1 is 1.38 bits per heavy atom. The van der Waals surface area contributed by atoms with Gasteiger partial charge in [-0.25, -0.2) is 0 Å². The lowest BCUT2D eigenvalue weighted by Crippen LogP contribution is -2.46. The molecule has 1 aliphatic rings. The van der Waals surface area contributed by atoms with Crippen molar-refractivity contribution < 1.29 is 23.0 Å². The number of hydrogen-bond acceptors (Lipinski definition) is 3. The highest BCUT2D eigenvalue weighted by Crippen LogP contribution is 2.30. The van der Waals surface area contributed by atoms with Crippen molar-refractivity contribution >= 4 is 0 Å². The lowest BCUT2D eigenvalue weighted by Gasteiger charge is -2.28. The molecule has 3 atom stereocenters. The highest BCUT2D eigenvalue weighted by molar-refractivity contribution is 5.26. The molecule has 3 unspecified atom stereocenters. The van der Waals surface area contributed by atoms with Crippen LogP contribution in [0.3, 0.4) is 0 Å². The predicted octanol–water partition coefficient (Wildman–Crippen LogP) is 2.90. The summed E-state index contributed by atoms with van der Waals surface area (Å²) in [7, 11) is 0. The summed E-state index contributed by atoms with van der Waals surface area (Å²) >= 11 is 0. The van der Waals surface area contributed by atoms with E-state index in [0.717, 1.165) is 17.7 Å². The number of aliphatic hydroxyl groups is 1. The lowest BCUT2D eigenvalue weighted by molar-refractivity contribution is -0.137. The zero-order chi connectivity index (χ0) is 15.7. The topological polar surface area (TPSA) is 41.5 Å². The molecule has 0 saturated carbocycles. The molecule has 0 amide bonds. The van der Waals surface area contributed by atoms with Gasteiger partial charge in [0.15, 0.2) is 0 Å². The molecule has 21 heavy (non-hydrogen) atoms. The Labute approximate surface area is 122 Å². The summed E-state index contributed by atoms with van der Waals surface area (Å²) in [4.78, 5) is 0. The molecule has 2 N–H and O–H groups in total. The van der Waals surface area contributed by atoms with Gasteiger partial charge in [0.05, 0.1) is 11.7 Å². The predicted molar refractivity (Wildman–Crippen MR) is 72.8 cm³/mol. The molecule has 1 aliphatic heterocycles. The maximum atomic E-state index is 12.5. The number of alkyl halides is 3. The summed E-state index contributed by atoms with van der Waals surface area (Å²) in [6.07, 6.45) is -4.01. The molecule has 0 bridgehead atoms. The molecule has 1 aromatic rings. The van der Waals surface area contributed by atoms with Crippen molar-refractivity contribution in [3.8, 4) is 0 Å². The first kappa shape index (κ1) is 16.3. The monoisotopic (exact) mass is 303 g/mol. The van der Waals surface area contributed by atoms with Gasteiger partial charge in [0.2, 0.25) is 0 Å². The smallest absolute Gasteiger partial charge is 0.386 e. The molecular weight excluding hydrogens is 283 g/mol. The standard InChI is InChI=1S/C15H20F3NO2/c1-10(19-9-14(20)7-8-21-11(14)2)12-3-5-13(6-4-12)15(16,17)18/h3-6,10-11,19-20H,7-9H2,1-2H3. The van der Waals surface area contributed by atoms with E-state index in [-0.39, 0.29) is 12.1 Å². The van der Waals surface area contributed by atoms with Gasteiger partial charge in [-0.05, 0) is 31.5 Å². The van der Waals surface area contributed by atoms with Gasteiger partial charge in [0.1, 0.15) is 5.60 Å². The number of benzene rings is 1. The van der Waals surface area contributed by atoms with Gasteiger partial charge in [0, 0.05) is 25.6 Å². The van der Waals surface area contributed by atoms with Crippen LogP contribution in [0.4, 0.5) is 13.2 Å². The van der Waals surface area contributed by atoms with Gasteiger partial charge in [0.25, 0.3) is 0 Å². The quantitative estimate of drug-likeness (QED) is 0.898. The first-order chi connectivity index (χ1) is 9.72. The van der Waals surface area contributed by atoms with E-state index in [1.165, 1.54) is 12.1 Å². The van der Waals surface area contributed by atoms with E-state index < -0.39 is 17.3 Å². The van der Waals surface area contributed by atoms with E-state index >= 15 is 0 Å². The van der Waals surface area contributed by atoms with Crippen LogP contribution in [0.25, 0.3) is 0 Å². The van der Waals surface area contributed by atoms with Crippen LogP contribution in [-0.4, -0.2) is 30.0 Å². The lowest BCUT2D eigenvalue weighted by atomic mass is 9.96. The molecular formula is C15H20F3NO2. The highest BCUT2D eigenvalue weighted by Gasteiger charge is 2.39. The van der Waals surface area contributed by atoms with Crippen LogP contribution >= 0.6 is 0 Å². The molecule has 3 nitrogen and oxygen atoms in total. The van der Waals surface area contributed by atoms with Crippen LogP contribution in [-0.2, 0) is 10.9 Å². The fourth-order valence-corrected chi connectivity index (χ4v) is 2.41. The van der Waals surface area contributed by atoms with Crippen LogP contribution in [0, 0.1) is 0 Å². The Bertz CT molecular complexity index is 475. The Morgan fingerprint density at radius 3 is 2.48 bits per heavy atom. The second kappa shape index (κ2) is 5.94. The van der Waals surface area contributed by atoms with Crippen LogP contribution < -0.4 is 5.32 Å².